The highest BCUT2D eigenvalue weighted by atomic mass is 32.2. The molecule has 0 aliphatic rings. The molecule has 2 N–H and O–H groups in total. The van der Waals surface area contributed by atoms with Crippen molar-refractivity contribution in [2.75, 3.05) is 14.2 Å². The van der Waals surface area contributed by atoms with Crippen LogP contribution < -0.4 is 14.2 Å². The minimum atomic E-state index is -3.99. The van der Waals surface area contributed by atoms with Gasteiger partial charge in [0.2, 0.25) is 10.0 Å². The summed E-state index contributed by atoms with van der Waals surface area (Å²) in [6.45, 7) is 1.90. The summed E-state index contributed by atoms with van der Waals surface area (Å²) in [6, 6.07) is 2.99. The van der Waals surface area contributed by atoms with Crippen LogP contribution in [0.15, 0.2) is 23.1 Å². The number of nitrogens with one attached hydrogen (secondary N) is 1. The molecule has 0 aliphatic carbocycles. The van der Waals surface area contributed by atoms with Crippen LogP contribution in [-0.4, -0.2) is 39.8 Å². The number of carboxylic acids is 1. The molecule has 1 aromatic rings. The normalized spacial score (nSPS) is 12.7. The molecular formula is C14H21NO6S. The smallest absolute Gasteiger partial charge is 0.321 e. The minimum absolute atomic E-state index is 0.105. The fourth-order valence-electron chi connectivity index (χ4n) is 1.83. The third-order valence-corrected chi connectivity index (χ3v) is 4.53. The standard InChI is InChI=1S/C14H21NO6S/c1-4-5-6-13(14(16)17)15-22(18,19)12-8-10(20-2)7-11(9-12)21-3/h7-9,13,15H,4-6H2,1-3H3,(H,16,17)/t13-/m0/s1. The zero-order chi connectivity index (χ0) is 16.8. The Labute approximate surface area is 130 Å². The molecule has 0 aliphatic heterocycles. The Morgan fingerprint density at radius 3 is 2.18 bits per heavy atom. The highest BCUT2D eigenvalue weighted by Gasteiger charge is 2.25. The number of benzene rings is 1. The van der Waals surface area contributed by atoms with Crippen LogP contribution in [0.1, 0.15) is 26.2 Å². The monoisotopic (exact) mass is 331 g/mol. The first kappa shape index (κ1) is 18.2. The molecule has 22 heavy (non-hydrogen) atoms. The van der Waals surface area contributed by atoms with Crippen molar-refractivity contribution in [2.24, 2.45) is 0 Å². The number of hydrogen-bond acceptors (Lipinski definition) is 5. The third kappa shape index (κ3) is 4.88. The molecule has 0 heterocycles. The molecule has 1 aromatic carbocycles. The van der Waals surface area contributed by atoms with Crippen LogP contribution in [0.4, 0.5) is 0 Å². The Kier molecular flexibility index (Phi) is 6.63. The van der Waals surface area contributed by atoms with E-state index in [1.54, 1.807) is 0 Å². The minimum Gasteiger partial charge on any atom is -0.497 e. The van der Waals surface area contributed by atoms with Gasteiger partial charge in [0.25, 0.3) is 0 Å². The molecule has 0 spiro atoms. The van der Waals surface area contributed by atoms with Crippen molar-refractivity contribution in [1.82, 2.24) is 4.72 Å². The van der Waals surface area contributed by atoms with Crippen molar-refractivity contribution in [3.8, 4) is 11.5 Å². The van der Waals surface area contributed by atoms with Crippen LogP contribution in [0.5, 0.6) is 11.5 Å². The van der Waals surface area contributed by atoms with Gasteiger partial charge in [-0.15, -0.1) is 0 Å². The quantitative estimate of drug-likeness (QED) is 0.713. The number of ether oxygens (including phenoxy) is 2. The van der Waals surface area contributed by atoms with Gasteiger partial charge in [-0.2, -0.15) is 4.72 Å². The van der Waals surface area contributed by atoms with E-state index in [1.165, 1.54) is 32.4 Å². The molecule has 0 aromatic heterocycles. The maximum Gasteiger partial charge on any atom is 0.321 e. The van der Waals surface area contributed by atoms with Crippen LogP contribution in [0.25, 0.3) is 0 Å². The van der Waals surface area contributed by atoms with Gasteiger partial charge in [0.05, 0.1) is 19.1 Å². The van der Waals surface area contributed by atoms with E-state index in [2.05, 4.69) is 4.72 Å². The van der Waals surface area contributed by atoms with E-state index >= 15 is 0 Å². The lowest BCUT2D eigenvalue weighted by atomic mass is 10.1. The van der Waals surface area contributed by atoms with Crippen molar-refractivity contribution in [3.63, 3.8) is 0 Å². The molecule has 1 rings (SSSR count). The lowest BCUT2D eigenvalue weighted by molar-refractivity contribution is -0.139. The Balaban J connectivity index is 3.09. The van der Waals surface area contributed by atoms with Crippen molar-refractivity contribution >= 4 is 16.0 Å². The summed E-state index contributed by atoms with van der Waals surface area (Å²) in [5, 5.41) is 9.14. The first-order chi connectivity index (χ1) is 10.3. The summed E-state index contributed by atoms with van der Waals surface area (Å²) in [5.41, 5.74) is 0. The van der Waals surface area contributed by atoms with Crippen molar-refractivity contribution in [2.45, 2.75) is 37.1 Å². The fourth-order valence-corrected chi connectivity index (χ4v) is 3.10. The van der Waals surface area contributed by atoms with Crippen molar-refractivity contribution < 1.29 is 27.8 Å². The van der Waals surface area contributed by atoms with Crippen LogP contribution in [0.2, 0.25) is 0 Å². The zero-order valence-corrected chi connectivity index (χ0v) is 13.6. The predicted molar refractivity (Wildman–Crippen MR) is 80.8 cm³/mol. The zero-order valence-electron chi connectivity index (χ0n) is 12.8. The van der Waals surface area contributed by atoms with Gasteiger partial charge in [0.15, 0.2) is 0 Å². The summed E-state index contributed by atoms with van der Waals surface area (Å²) >= 11 is 0. The SMILES string of the molecule is CCCC[C@H](NS(=O)(=O)c1cc(OC)cc(OC)c1)C(=O)O. The highest BCUT2D eigenvalue weighted by Crippen LogP contribution is 2.25. The number of sulfonamides is 1. The summed E-state index contributed by atoms with van der Waals surface area (Å²) in [4.78, 5) is 11.1. The van der Waals surface area contributed by atoms with Crippen LogP contribution in [0, 0.1) is 0 Å². The first-order valence-corrected chi connectivity index (χ1v) is 8.30. The number of hydrogen-bond donors (Lipinski definition) is 2. The third-order valence-electron chi connectivity index (χ3n) is 3.08. The maximum absolute atomic E-state index is 12.4. The van der Waals surface area contributed by atoms with Crippen molar-refractivity contribution in [1.29, 1.82) is 0 Å². The number of unbranched alkanes of at least 4 members (excludes halogenated alkanes) is 1. The molecule has 0 radical (unpaired) electrons. The summed E-state index contributed by atoms with van der Waals surface area (Å²) in [5.74, 6) is -0.591. The molecule has 1 atom stereocenters. The second kappa shape index (κ2) is 8.00. The molecule has 124 valence electrons. The second-order valence-electron chi connectivity index (χ2n) is 4.70. The molecule has 0 saturated carbocycles. The fraction of sp³-hybridized carbons (Fsp3) is 0.500. The largest absolute Gasteiger partial charge is 0.497 e. The molecular weight excluding hydrogens is 310 g/mol. The first-order valence-electron chi connectivity index (χ1n) is 6.82. The average Bonchev–Trinajstić information content (AvgIpc) is 2.50. The number of methoxy groups -OCH3 is 2. The topological polar surface area (TPSA) is 102 Å². The Morgan fingerprint density at radius 1 is 1.23 bits per heavy atom. The molecule has 0 unspecified atom stereocenters. The molecule has 0 saturated heterocycles. The number of carboxylic acid groups (broad SMARTS) is 1. The van der Waals surface area contributed by atoms with E-state index in [0.717, 1.165) is 6.42 Å². The van der Waals surface area contributed by atoms with Gasteiger partial charge in [-0.05, 0) is 6.42 Å². The van der Waals surface area contributed by atoms with Gasteiger partial charge < -0.3 is 14.6 Å². The number of aliphatic carboxylic acids is 1. The molecule has 0 fully saturated rings. The van der Waals surface area contributed by atoms with E-state index in [1.807, 2.05) is 6.92 Å². The molecule has 8 heteroatoms. The Morgan fingerprint density at radius 2 is 1.77 bits per heavy atom. The van der Waals surface area contributed by atoms with Gasteiger partial charge >= 0.3 is 5.97 Å². The van der Waals surface area contributed by atoms with Gasteiger partial charge in [0, 0.05) is 18.2 Å². The number of carbonyl (C=O) groups is 1. The van der Waals surface area contributed by atoms with Crippen molar-refractivity contribution in [3.05, 3.63) is 18.2 Å². The Hall–Kier alpha value is -1.80. The summed E-state index contributed by atoms with van der Waals surface area (Å²) in [6.07, 6.45) is 1.62. The lowest BCUT2D eigenvalue weighted by Gasteiger charge is -2.15. The van der Waals surface area contributed by atoms with Gasteiger partial charge in [0.1, 0.15) is 17.5 Å². The van der Waals surface area contributed by atoms with Gasteiger partial charge in [-0.1, -0.05) is 19.8 Å². The predicted octanol–water partition coefficient (Wildman–Crippen LogP) is 1.63. The van der Waals surface area contributed by atoms with Crippen LogP contribution in [0.3, 0.4) is 0 Å². The number of rotatable bonds is 9. The van der Waals surface area contributed by atoms with E-state index in [-0.39, 0.29) is 11.3 Å². The maximum atomic E-state index is 12.4. The van der Waals surface area contributed by atoms with Gasteiger partial charge in [-0.25, -0.2) is 8.42 Å². The van der Waals surface area contributed by atoms with E-state index in [0.29, 0.717) is 17.9 Å². The molecule has 7 nitrogen and oxygen atoms in total. The highest BCUT2D eigenvalue weighted by molar-refractivity contribution is 7.89. The second-order valence-corrected chi connectivity index (χ2v) is 6.42. The Bertz CT molecular complexity index is 592. The summed E-state index contributed by atoms with van der Waals surface area (Å²) in [7, 11) is -1.19. The van der Waals surface area contributed by atoms with Crippen LogP contribution in [-0.2, 0) is 14.8 Å². The van der Waals surface area contributed by atoms with E-state index in [9.17, 15) is 13.2 Å². The molecule has 0 amide bonds. The summed E-state index contributed by atoms with van der Waals surface area (Å²) < 4.78 is 37.0. The van der Waals surface area contributed by atoms with E-state index in [4.69, 9.17) is 14.6 Å². The van der Waals surface area contributed by atoms with Crippen LogP contribution >= 0.6 is 0 Å². The molecule has 0 bridgehead atoms. The lowest BCUT2D eigenvalue weighted by Crippen LogP contribution is -2.40. The average molecular weight is 331 g/mol. The van der Waals surface area contributed by atoms with Gasteiger partial charge in [-0.3, -0.25) is 4.79 Å². The van der Waals surface area contributed by atoms with E-state index < -0.39 is 22.0 Å².